The highest BCUT2D eigenvalue weighted by atomic mass is 32.2. The fourth-order valence-corrected chi connectivity index (χ4v) is 4.12. The third kappa shape index (κ3) is 5.02. The molecule has 1 N–H and O–H groups in total. The Balaban J connectivity index is 2.99. The van der Waals surface area contributed by atoms with Gasteiger partial charge in [0.05, 0.1) is 4.90 Å². The molecule has 0 spiro atoms. The second kappa shape index (κ2) is 7.97. The van der Waals surface area contributed by atoms with Crippen molar-refractivity contribution in [3.63, 3.8) is 0 Å². The maximum Gasteiger partial charge on any atom is 0.324 e. The molecule has 0 fully saturated rings. The zero-order valence-electron chi connectivity index (χ0n) is 15.8. The molecule has 1 aromatic rings. The van der Waals surface area contributed by atoms with Crippen LogP contribution in [0.25, 0.3) is 0 Å². The maximum atomic E-state index is 12.7. The summed E-state index contributed by atoms with van der Waals surface area (Å²) in [5, 5.41) is 0. The number of sulfonamides is 1. The lowest BCUT2D eigenvalue weighted by Gasteiger charge is -2.19. The molecule has 0 aromatic heterocycles. The van der Waals surface area contributed by atoms with E-state index in [4.69, 9.17) is 4.74 Å². The lowest BCUT2D eigenvalue weighted by molar-refractivity contribution is -0.152. The molecule has 8 heteroatoms. The van der Waals surface area contributed by atoms with E-state index in [0.717, 1.165) is 11.1 Å². The van der Waals surface area contributed by atoms with Crippen LogP contribution in [0.5, 0.6) is 0 Å². The fraction of sp³-hybridized carbons (Fsp3) is 0.529. The quantitative estimate of drug-likeness (QED) is 0.760. The topological polar surface area (TPSA) is 92.8 Å². The van der Waals surface area contributed by atoms with Crippen LogP contribution in [0.4, 0.5) is 0 Å². The first-order chi connectivity index (χ1) is 11.4. The number of esters is 1. The number of nitrogens with zero attached hydrogens (tertiary/aromatic N) is 1. The van der Waals surface area contributed by atoms with Crippen LogP contribution >= 0.6 is 0 Å². The first-order valence-electron chi connectivity index (χ1n) is 7.85. The number of benzene rings is 1. The first-order valence-corrected chi connectivity index (χ1v) is 9.33. The third-order valence-corrected chi connectivity index (χ3v) is 5.90. The molecule has 140 valence electrons. The number of amides is 1. The lowest BCUT2D eigenvalue weighted by Crippen LogP contribution is -2.41. The van der Waals surface area contributed by atoms with Crippen molar-refractivity contribution in [1.29, 1.82) is 0 Å². The molecule has 1 amide bonds. The van der Waals surface area contributed by atoms with Crippen molar-refractivity contribution in [3.05, 3.63) is 28.3 Å². The third-order valence-electron chi connectivity index (χ3n) is 4.09. The van der Waals surface area contributed by atoms with Crippen LogP contribution in [0.3, 0.4) is 0 Å². The minimum atomic E-state index is -3.91. The molecule has 0 radical (unpaired) electrons. The van der Waals surface area contributed by atoms with Gasteiger partial charge in [0, 0.05) is 14.1 Å². The molecule has 0 aliphatic rings. The Hall–Kier alpha value is -1.93. The van der Waals surface area contributed by atoms with Crippen LogP contribution in [-0.2, 0) is 24.3 Å². The predicted octanol–water partition coefficient (Wildman–Crippen LogP) is 1.22. The number of carbonyl (C=O) groups is 2. The number of likely N-dealkylation sites (N-methyl/N-ethyl adjacent to an activating group) is 1. The van der Waals surface area contributed by atoms with Crippen molar-refractivity contribution >= 4 is 21.9 Å². The molecule has 0 unspecified atom stereocenters. The predicted molar refractivity (Wildman–Crippen MR) is 94.8 cm³/mol. The van der Waals surface area contributed by atoms with E-state index < -0.39 is 28.6 Å². The molecule has 1 aromatic carbocycles. The minimum Gasteiger partial charge on any atom is -0.454 e. The van der Waals surface area contributed by atoms with Crippen LogP contribution in [0.2, 0.25) is 0 Å². The average molecular weight is 370 g/mol. The normalized spacial score (nSPS) is 12.6. The van der Waals surface area contributed by atoms with Crippen molar-refractivity contribution in [1.82, 2.24) is 9.62 Å². The minimum absolute atomic E-state index is 0.175. The molecule has 1 rings (SSSR count). The molecule has 0 saturated heterocycles. The number of aryl methyl sites for hydroxylation is 2. The second-order valence-corrected chi connectivity index (χ2v) is 7.98. The first kappa shape index (κ1) is 21.1. The molecule has 0 aliphatic heterocycles. The molecule has 0 heterocycles. The van der Waals surface area contributed by atoms with Gasteiger partial charge in [0.25, 0.3) is 5.91 Å². The highest BCUT2D eigenvalue weighted by Gasteiger charge is 2.27. The van der Waals surface area contributed by atoms with E-state index in [0.29, 0.717) is 11.1 Å². The van der Waals surface area contributed by atoms with Crippen LogP contribution in [0, 0.1) is 27.7 Å². The zero-order chi connectivity index (χ0) is 19.5. The van der Waals surface area contributed by atoms with Gasteiger partial charge in [-0.25, -0.2) is 8.42 Å². The van der Waals surface area contributed by atoms with Gasteiger partial charge in [-0.1, -0.05) is 6.07 Å². The van der Waals surface area contributed by atoms with Crippen LogP contribution in [0.1, 0.15) is 29.2 Å². The van der Waals surface area contributed by atoms with Crippen molar-refractivity contribution in [3.8, 4) is 0 Å². The highest BCUT2D eigenvalue weighted by molar-refractivity contribution is 7.89. The Labute approximate surface area is 149 Å². The van der Waals surface area contributed by atoms with Crippen molar-refractivity contribution in [2.45, 2.75) is 45.6 Å². The summed E-state index contributed by atoms with van der Waals surface area (Å²) in [5.74, 6) is -1.19. The SMILES string of the molecule is Cc1cc(C)c(C)c(S(=O)(=O)N[C@@H](C)C(=O)OCC(=O)N(C)C)c1C. The molecule has 1 atom stereocenters. The summed E-state index contributed by atoms with van der Waals surface area (Å²) in [6, 6.07) is 0.813. The second-order valence-electron chi connectivity index (χ2n) is 6.33. The van der Waals surface area contributed by atoms with Crippen LogP contribution < -0.4 is 4.72 Å². The van der Waals surface area contributed by atoms with E-state index in [9.17, 15) is 18.0 Å². The van der Waals surface area contributed by atoms with Gasteiger partial charge in [-0.3, -0.25) is 9.59 Å². The zero-order valence-corrected chi connectivity index (χ0v) is 16.6. The Morgan fingerprint density at radius 1 is 1.12 bits per heavy atom. The molecule has 0 saturated carbocycles. The van der Waals surface area contributed by atoms with Crippen LogP contribution in [0.15, 0.2) is 11.0 Å². The molecule has 0 aliphatic carbocycles. The summed E-state index contributed by atoms with van der Waals surface area (Å²) >= 11 is 0. The number of rotatable bonds is 6. The Morgan fingerprint density at radius 2 is 1.60 bits per heavy atom. The van der Waals surface area contributed by atoms with Gasteiger partial charge < -0.3 is 9.64 Å². The monoisotopic (exact) mass is 370 g/mol. The van der Waals surface area contributed by atoms with E-state index in [2.05, 4.69) is 4.72 Å². The van der Waals surface area contributed by atoms with E-state index in [1.807, 2.05) is 19.9 Å². The summed E-state index contributed by atoms with van der Waals surface area (Å²) in [5.41, 5.74) is 2.99. The maximum absolute atomic E-state index is 12.7. The van der Waals surface area contributed by atoms with E-state index >= 15 is 0 Å². The smallest absolute Gasteiger partial charge is 0.324 e. The number of hydrogen-bond acceptors (Lipinski definition) is 5. The van der Waals surface area contributed by atoms with Gasteiger partial charge in [-0.05, 0) is 56.9 Å². The molecular formula is C17H26N2O5S. The number of hydrogen-bond donors (Lipinski definition) is 1. The van der Waals surface area contributed by atoms with Gasteiger partial charge in [0.2, 0.25) is 10.0 Å². The lowest BCUT2D eigenvalue weighted by atomic mass is 10.0. The number of carbonyl (C=O) groups excluding carboxylic acids is 2. The van der Waals surface area contributed by atoms with Crippen molar-refractivity contribution < 1.29 is 22.7 Å². The molecule has 7 nitrogen and oxygen atoms in total. The molecule has 25 heavy (non-hydrogen) atoms. The van der Waals surface area contributed by atoms with E-state index in [-0.39, 0.29) is 10.8 Å². The number of nitrogens with one attached hydrogen (secondary N) is 1. The van der Waals surface area contributed by atoms with Gasteiger partial charge in [0.15, 0.2) is 6.61 Å². The Kier molecular flexibility index (Phi) is 6.73. The number of ether oxygens (including phenoxy) is 1. The molecule has 0 bridgehead atoms. The largest absolute Gasteiger partial charge is 0.454 e. The highest BCUT2D eigenvalue weighted by Crippen LogP contribution is 2.26. The average Bonchev–Trinajstić information content (AvgIpc) is 2.49. The van der Waals surface area contributed by atoms with Gasteiger partial charge in [-0.15, -0.1) is 0 Å². The van der Waals surface area contributed by atoms with Gasteiger partial charge in [0.1, 0.15) is 6.04 Å². The van der Waals surface area contributed by atoms with E-state index in [1.165, 1.54) is 25.9 Å². The Bertz CT molecular complexity index is 758. The molecular weight excluding hydrogens is 344 g/mol. The summed E-state index contributed by atoms with van der Waals surface area (Å²) in [7, 11) is -0.841. The summed E-state index contributed by atoms with van der Waals surface area (Å²) in [6.07, 6.45) is 0. The summed E-state index contributed by atoms with van der Waals surface area (Å²) in [4.78, 5) is 24.9. The van der Waals surface area contributed by atoms with Gasteiger partial charge in [-0.2, -0.15) is 4.72 Å². The fourth-order valence-electron chi connectivity index (χ4n) is 2.31. The standard InChI is InChI=1S/C17H26N2O5S/c1-10-8-11(2)13(4)16(12(10)3)25(22,23)18-14(5)17(21)24-9-15(20)19(6)7/h8,14,18H,9H2,1-7H3/t14-/m0/s1. The van der Waals surface area contributed by atoms with Crippen LogP contribution in [-0.4, -0.2) is 51.9 Å². The Morgan fingerprint density at radius 3 is 2.04 bits per heavy atom. The summed E-state index contributed by atoms with van der Waals surface area (Å²) < 4.78 is 32.7. The summed E-state index contributed by atoms with van der Waals surface area (Å²) in [6.45, 7) is 8.09. The van der Waals surface area contributed by atoms with E-state index in [1.54, 1.807) is 13.8 Å². The van der Waals surface area contributed by atoms with Crippen molar-refractivity contribution in [2.75, 3.05) is 20.7 Å². The van der Waals surface area contributed by atoms with Gasteiger partial charge >= 0.3 is 5.97 Å². The van der Waals surface area contributed by atoms with Crippen molar-refractivity contribution in [2.24, 2.45) is 0 Å².